The van der Waals surface area contributed by atoms with Crippen LogP contribution in [0.15, 0.2) is 183 Å². The molecule has 2 heterocycles. The monoisotopic (exact) mass is 751 g/mol. The molecule has 0 spiro atoms. The zero-order valence-electron chi connectivity index (χ0n) is 30.9. The molecule has 0 aliphatic rings. The van der Waals surface area contributed by atoms with E-state index in [0.29, 0.717) is 39.6 Å². The van der Waals surface area contributed by atoms with Gasteiger partial charge < -0.3 is 29.1 Å². The molecule has 0 saturated heterocycles. The fraction of sp³-hybridized carbons (Fsp3) is 0.0612. The first kappa shape index (κ1) is 36.4. The second kappa shape index (κ2) is 16.0. The number of nitrogens with one attached hydrogen (secondary N) is 1. The molecule has 7 aromatic carbocycles. The molecule has 8 heteroatoms. The van der Waals surface area contributed by atoms with Crippen molar-refractivity contribution in [2.75, 3.05) is 12.4 Å². The lowest BCUT2D eigenvalue weighted by atomic mass is 10.00. The fourth-order valence-corrected chi connectivity index (χ4v) is 6.92. The molecule has 9 rings (SSSR count). The maximum atomic E-state index is 12.8. The summed E-state index contributed by atoms with van der Waals surface area (Å²) in [6.07, 6.45) is 3.64. The molecule has 8 nitrogen and oxygen atoms in total. The first-order valence-electron chi connectivity index (χ1n) is 18.4. The van der Waals surface area contributed by atoms with Gasteiger partial charge in [0.15, 0.2) is 10.9 Å². The Kier molecular flexibility index (Phi) is 10.2. The Morgan fingerprint density at radius 1 is 0.561 bits per heavy atom. The second-order valence-corrected chi connectivity index (χ2v) is 13.6. The van der Waals surface area contributed by atoms with Crippen molar-refractivity contribution in [2.24, 2.45) is 0 Å². The van der Waals surface area contributed by atoms with E-state index in [0.717, 1.165) is 40.1 Å². The normalized spacial score (nSPS) is 11.0. The number of fused-ring (bicyclic) bond motifs is 3. The summed E-state index contributed by atoms with van der Waals surface area (Å²) in [7, 11) is 1.67. The van der Waals surface area contributed by atoms with Crippen LogP contribution in [0.25, 0.3) is 55.0 Å². The number of methoxy groups -OCH3 is 1. The van der Waals surface area contributed by atoms with Gasteiger partial charge in [0.05, 0.1) is 29.0 Å². The van der Waals surface area contributed by atoms with Crippen molar-refractivity contribution >= 4 is 38.4 Å². The van der Waals surface area contributed by atoms with Gasteiger partial charge in [-0.2, -0.15) is 0 Å². The Labute approximate surface area is 327 Å². The summed E-state index contributed by atoms with van der Waals surface area (Å²) >= 11 is 0. The summed E-state index contributed by atoms with van der Waals surface area (Å²) in [5.74, 6) is 0.999. The number of anilines is 1. The van der Waals surface area contributed by atoms with E-state index in [1.54, 1.807) is 19.2 Å². The maximum absolute atomic E-state index is 12.8. The van der Waals surface area contributed by atoms with Crippen molar-refractivity contribution in [3.63, 3.8) is 0 Å². The first-order chi connectivity index (χ1) is 27.8. The number of aromatic hydroxyl groups is 2. The molecular formula is C49H37NO7. The third kappa shape index (κ3) is 7.83. The molecule has 0 saturated carbocycles. The molecule has 0 bridgehead atoms. The number of para-hydroxylation sites is 1. The highest BCUT2D eigenvalue weighted by Gasteiger charge is 2.12. The van der Waals surface area contributed by atoms with Crippen LogP contribution in [0.4, 0.5) is 5.69 Å². The Morgan fingerprint density at radius 3 is 1.74 bits per heavy atom. The van der Waals surface area contributed by atoms with Crippen LogP contribution in [-0.4, -0.2) is 17.3 Å². The molecule has 3 N–H and O–H groups in total. The number of rotatable bonds is 8. The lowest BCUT2D eigenvalue weighted by Gasteiger charge is -2.10. The predicted octanol–water partition coefficient (Wildman–Crippen LogP) is 10.7. The van der Waals surface area contributed by atoms with Crippen molar-refractivity contribution in [3.8, 4) is 39.5 Å². The Hall–Kier alpha value is -7.58. The molecule has 0 unspecified atom stereocenters. The van der Waals surface area contributed by atoms with Gasteiger partial charge in [0, 0.05) is 30.8 Å². The first-order valence-corrected chi connectivity index (χ1v) is 18.4. The van der Waals surface area contributed by atoms with E-state index >= 15 is 0 Å². The molecule has 2 aromatic heterocycles. The van der Waals surface area contributed by atoms with Crippen LogP contribution >= 0.6 is 0 Å². The fourth-order valence-electron chi connectivity index (χ4n) is 6.92. The van der Waals surface area contributed by atoms with Crippen molar-refractivity contribution < 1.29 is 23.8 Å². The average Bonchev–Trinajstić information content (AvgIpc) is 3.24. The summed E-state index contributed by atoms with van der Waals surface area (Å²) < 4.78 is 16.5. The van der Waals surface area contributed by atoms with Gasteiger partial charge in [0.25, 0.3) is 0 Å². The average molecular weight is 752 g/mol. The quantitative estimate of drug-likeness (QED) is 0.140. The van der Waals surface area contributed by atoms with E-state index < -0.39 is 0 Å². The molecule has 0 aliphatic carbocycles. The summed E-state index contributed by atoms with van der Waals surface area (Å²) in [4.78, 5) is 25.5. The van der Waals surface area contributed by atoms with Crippen LogP contribution in [0.1, 0.15) is 16.7 Å². The standard InChI is InChI=1S/C26H19NO3.C23H18O4/c28-21-12-13-23-25(14-21)30-16-24(26(23)29)18-8-10-20(11-9-18)27-15-19-6-3-5-17-4-1-2-7-22(17)19;1-26-21-5-3-2-4-17(21)12-15-6-8-16(9-7-15)20-14-27-22-13-18(24)10-11-19(22)23(20)25/h1-14,16,27-28H,15H2;2-11,13-14,24H,12H2,1H3. The van der Waals surface area contributed by atoms with Crippen molar-refractivity contribution in [3.05, 3.63) is 201 Å². The third-order valence-corrected chi connectivity index (χ3v) is 9.93. The lowest BCUT2D eigenvalue weighted by Crippen LogP contribution is -2.05. The van der Waals surface area contributed by atoms with E-state index in [2.05, 4.69) is 41.7 Å². The van der Waals surface area contributed by atoms with E-state index in [1.165, 1.54) is 53.1 Å². The van der Waals surface area contributed by atoms with Crippen molar-refractivity contribution in [1.29, 1.82) is 0 Å². The summed E-state index contributed by atoms with van der Waals surface area (Å²) in [5.41, 5.74) is 7.52. The van der Waals surface area contributed by atoms with Gasteiger partial charge in [0.2, 0.25) is 0 Å². The third-order valence-electron chi connectivity index (χ3n) is 9.93. The van der Waals surface area contributed by atoms with E-state index in [9.17, 15) is 19.8 Å². The minimum absolute atomic E-state index is 0.0686. The van der Waals surface area contributed by atoms with Crippen molar-refractivity contribution in [1.82, 2.24) is 0 Å². The smallest absolute Gasteiger partial charge is 0.200 e. The molecule has 0 atom stereocenters. The minimum atomic E-state index is -0.118. The van der Waals surface area contributed by atoms with E-state index in [1.807, 2.05) is 78.9 Å². The zero-order valence-corrected chi connectivity index (χ0v) is 30.9. The molecule has 0 fully saturated rings. The van der Waals surface area contributed by atoms with Crippen LogP contribution < -0.4 is 20.9 Å². The summed E-state index contributed by atoms with van der Waals surface area (Å²) in [5, 5.41) is 25.9. The number of hydrogen-bond donors (Lipinski definition) is 3. The van der Waals surface area contributed by atoms with Crippen molar-refractivity contribution in [2.45, 2.75) is 13.0 Å². The highest BCUT2D eigenvalue weighted by molar-refractivity contribution is 5.86. The van der Waals surface area contributed by atoms with Crippen LogP contribution in [0.5, 0.6) is 17.2 Å². The Morgan fingerprint density at radius 2 is 1.11 bits per heavy atom. The number of phenolic OH excluding ortho intramolecular Hbond substituents is 2. The van der Waals surface area contributed by atoms with Crippen LogP contribution in [0, 0.1) is 0 Å². The highest BCUT2D eigenvalue weighted by atomic mass is 16.5. The van der Waals surface area contributed by atoms with Crippen LogP contribution in [0.3, 0.4) is 0 Å². The topological polar surface area (TPSA) is 122 Å². The van der Waals surface area contributed by atoms with Gasteiger partial charge in [-0.3, -0.25) is 9.59 Å². The summed E-state index contributed by atoms with van der Waals surface area (Å²) in [6.45, 7) is 0.711. The van der Waals surface area contributed by atoms with Gasteiger partial charge >= 0.3 is 0 Å². The Balaban J connectivity index is 0.000000161. The zero-order chi connectivity index (χ0) is 39.3. The minimum Gasteiger partial charge on any atom is -0.508 e. The highest BCUT2D eigenvalue weighted by Crippen LogP contribution is 2.27. The molecule has 280 valence electrons. The van der Waals surface area contributed by atoms with Gasteiger partial charge in [0.1, 0.15) is 40.9 Å². The number of hydrogen-bond acceptors (Lipinski definition) is 8. The Bertz CT molecular complexity index is 2980. The lowest BCUT2D eigenvalue weighted by molar-refractivity contribution is 0.410. The van der Waals surface area contributed by atoms with Gasteiger partial charge in [-0.1, -0.05) is 97.1 Å². The van der Waals surface area contributed by atoms with E-state index in [4.69, 9.17) is 13.6 Å². The SMILES string of the molecule is COc1ccccc1Cc1ccc(-c2coc3cc(O)ccc3c2=O)cc1.O=c1c(-c2ccc(NCc3cccc4ccccc34)cc2)coc2cc(O)ccc12. The van der Waals surface area contributed by atoms with Crippen LogP contribution in [0.2, 0.25) is 0 Å². The maximum Gasteiger partial charge on any atom is 0.200 e. The molecule has 9 aromatic rings. The van der Waals surface area contributed by atoms with Gasteiger partial charge in [-0.05, 0) is 81.1 Å². The molecule has 0 aliphatic heterocycles. The number of benzene rings is 7. The number of ether oxygens (including phenoxy) is 1. The predicted molar refractivity (Wildman–Crippen MR) is 226 cm³/mol. The second-order valence-electron chi connectivity index (χ2n) is 13.6. The molecular weight excluding hydrogens is 715 g/mol. The molecule has 0 amide bonds. The number of phenols is 2. The van der Waals surface area contributed by atoms with E-state index in [-0.39, 0.29) is 22.4 Å². The van der Waals surface area contributed by atoms with Gasteiger partial charge in [-0.15, -0.1) is 0 Å². The molecule has 57 heavy (non-hydrogen) atoms. The van der Waals surface area contributed by atoms with Gasteiger partial charge in [-0.25, -0.2) is 0 Å². The van der Waals surface area contributed by atoms with Crippen LogP contribution in [-0.2, 0) is 13.0 Å². The molecule has 0 radical (unpaired) electrons. The summed E-state index contributed by atoms with van der Waals surface area (Å²) in [6, 6.07) is 47.2. The largest absolute Gasteiger partial charge is 0.508 e.